The van der Waals surface area contributed by atoms with Gasteiger partial charge in [0.1, 0.15) is 11.4 Å². The molecule has 0 saturated heterocycles. The van der Waals surface area contributed by atoms with Crippen LogP contribution in [-0.2, 0) is 0 Å². The molecule has 0 saturated carbocycles. The molecule has 5 rings (SSSR count). The van der Waals surface area contributed by atoms with Crippen molar-refractivity contribution >= 4 is 17.2 Å². The summed E-state index contributed by atoms with van der Waals surface area (Å²) in [6, 6.07) is 19.0. The zero-order valence-corrected chi connectivity index (χ0v) is 17.6. The molecule has 0 aliphatic carbocycles. The number of hydrogen-bond donors (Lipinski definition) is 1. The molecule has 2 aromatic carbocycles. The maximum absolute atomic E-state index is 12.9. The highest BCUT2D eigenvalue weighted by Crippen LogP contribution is 2.31. The van der Waals surface area contributed by atoms with Crippen molar-refractivity contribution in [1.29, 1.82) is 0 Å². The van der Waals surface area contributed by atoms with E-state index >= 15 is 0 Å². The van der Waals surface area contributed by atoms with Crippen LogP contribution in [0.5, 0.6) is 5.75 Å². The number of benzene rings is 2. The number of imidazole rings is 1. The number of anilines is 1. The number of nitrogens with zero attached hydrogens (tertiary/aromatic N) is 5. The summed E-state index contributed by atoms with van der Waals surface area (Å²) in [5.41, 5.74) is 5.13. The third-order valence-electron chi connectivity index (χ3n) is 5.13. The Morgan fingerprint density at radius 3 is 2.69 bits per heavy atom. The summed E-state index contributed by atoms with van der Waals surface area (Å²) < 4.78 is 7.43. The molecule has 8 nitrogen and oxygen atoms in total. The number of methoxy groups -OCH3 is 1. The Hall–Kier alpha value is -4.46. The monoisotopic (exact) mass is 424 g/mol. The van der Waals surface area contributed by atoms with Gasteiger partial charge in [-0.05, 0) is 48.9 Å². The Morgan fingerprint density at radius 2 is 1.91 bits per heavy atom. The lowest BCUT2D eigenvalue weighted by Crippen LogP contribution is -2.14. The van der Waals surface area contributed by atoms with Crippen molar-refractivity contribution in [3.05, 3.63) is 90.5 Å². The van der Waals surface area contributed by atoms with Gasteiger partial charge in [0.15, 0.2) is 5.69 Å². The summed E-state index contributed by atoms with van der Waals surface area (Å²) in [5, 5.41) is 11.4. The Morgan fingerprint density at radius 1 is 1.06 bits per heavy atom. The van der Waals surface area contributed by atoms with E-state index < -0.39 is 0 Å². The number of aryl methyl sites for hydroxylation is 1. The van der Waals surface area contributed by atoms with Crippen molar-refractivity contribution in [2.24, 2.45) is 0 Å². The predicted molar refractivity (Wildman–Crippen MR) is 121 cm³/mol. The number of hydrogen-bond acceptors (Lipinski definition) is 5. The number of aromatic nitrogens is 5. The fourth-order valence-corrected chi connectivity index (χ4v) is 3.50. The lowest BCUT2D eigenvalue weighted by atomic mass is 10.1. The number of para-hydroxylation sites is 1. The molecule has 1 N–H and O–H groups in total. The van der Waals surface area contributed by atoms with Crippen LogP contribution in [0.1, 0.15) is 16.1 Å². The van der Waals surface area contributed by atoms with Crippen LogP contribution in [0.3, 0.4) is 0 Å². The van der Waals surface area contributed by atoms with Crippen LogP contribution in [-0.4, -0.2) is 37.4 Å². The molecule has 3 heterocycles. The van der Waals surface area contributed by atoms with Gasteiger partial charge in [-0.2, -0.15) is 9.90 Å². The predicted octanol–water partition coefficient (Wildman–Crippen LogP) is 4.15. The van der Waals surface area contributed by atoms with Crippen molar-refractivity contribution < 1.29 is 9.53 Å². The summed E-state index contributed by atoms with van der Waals surface area (Å²) >= 11 is 0. The minimum absolute atomic E-state index is 0.199. The van der Waals surface area contributed by atoms with E-state index in [0.29, 0.717) is 11.4 Å². The molecular weight excluding hydrogens is 404 g/mol. The Labute approximate surface area is 184 Å². The first-order valence-electron chi connectivity index (χ1n) is 10.0. The molecule has 0 atom stereocenters. The summed E-state index contributed by atoms with van der Waals surface area (Å²) in [5.74, 6) is 0.158. The first kappa shape index (κ1) is 19.5. The van der Waals surface area contributed by atoms with Gasteiger partial charge in [0.2, 0.25) is 0 Å². The highest BCUT2D eigenvalue weighted by Gasteiger charge is 2.16. The van der Waals surface area contributed by atoms with Crippen molar-refractivity contribution in [2.45, 2.75) is 6.92 Å². The van der Waals surface area contributed by atoms with E-state index in [1.54, 1.807) is 7.11 Å². The number of carbonyl (C=O) groups excluding carboxylic acids is 1. The van der Waals surface area contributed by atoms with Crippen LogP contribution < -0.4 is 10.1 Å². The van der Waals surface area contributed by atoms with Crippen LogP contribution in [0, 0.1) is 6.92 Å². The normalized spacial score (nSPS) is 10.9. The Bertz CT molecular complexity index is 1420. The van der Waals surface area contributed by atoms with Gasteiger partial charge in [-0.1, -0.05) is 24.3 Å². The van der Waals surface area contributed by atoms with Gasteiger partial charge in [0.05, 0.1) is 30.4 Å². The highest BCUT2D eigenvalue weighted by molar-refractivity contribution is 6.03. The fraction of sp³-hybridized carbons (Fsp3) is 0.0833. The third-order valence-corrected chi connectivity index (χ3v) is 5.13. The second kappa shape index (κ2) is 7.99. The summed E-state index contributed by atoms with van der Waals surface area (Å²) in [6.45, 7) is 2.02. The third kappa shape index (κ3) is 3.58. The lowest BCUT2D eigenvalue weighted by Gasteiger charge is -2.10. The molecule has 0 radical (unpaired) electrons. The number of fused-ring (bicyclic) bond motifs is 1. The molecule has 0 spiro atoms. The van der Waals surface area contributed by atoms with E-state index in [4.69, 9.17) is 9.72 Å². The maximum atomic E-state index is 12.9. The highest BCUT2D eigenvalue weighted by atomic mass is 16.5. The lowest BCUT2D eigenvalue weighted by molar-refractivity contribution is 0.102. The van der Waals surface area contributed by atoms with Gasteiger partial charge in [-0.25, -0.2) is 4.98 Å². The fourth-order valence-electron chi connectivity index (χ4n) is 3.50. The van der Waals surface area contributed by atoms with Crippen molar-refractivity contribution in [3.8, 4) is 22.7 Å². The smallest absolute Gasteiger partial charge is 0.277 e. The first-order chi connectivity index (χ1) is 15.6. The molecule has 8 heteroatoms. The number of pyridine rings is 1. The molecule has 3 aromatic heterocycles. The molecule has 158 valence electrons. The average molecular weight is 424 g/mol. The summed E-state index contributed by atoms with van der Waals surface area (Å²) in [4.78, 5) is 19.0. The van der Waals surface area contributed by atoms with Crippen molar-refractivity contribution in [2.75, 3.05) is 12.4 Å². The molecular formula is C24H20N6O2. The van der Waals surface area contributed by atoms with Crippen molar-refractivity contribution in [3.63, 3.8) is 0 Å². The quantitative estimate of drug-likeness (QED) is 0.458. The number of amides is 1. The molecule has 0 aliphatic rings. The molecule has 32 heavy (non-hydrogen) atoms. The van der Waals surface area contributed by atoms with E-state index in [0.717, 1.165) is 28.2 Å². The number of ether oxygens (including phenoxy) is 1. The van der Waals surface area contributed by atoms with Crippen LogP contribution in [0.4, 0.5) is 5.69 Å². The average Bonchev–Trinajstić information content (AvgIpc) is 3.48. The van der Waals surface area contributed by atoms with Crippen LogP contribution in [0.15, 0.2) is 79.3 Å². The number of carbonyl (C=O) groups is 1. The molecule has 0 aliphatic heterocycles. The SMILES string of the molecule is COc1ccc(-c2cn3cccc(C)c3n2)cc1NC(=O)c1cnn(-c2ccccc2)n1. The minimum atomic E-state index is -0.381. The van der Waals surface area contributed by atoms with E-state index in [1.165, 1.54) is 11.0 Å². The first-order valence-corrected chi connectivity index (χ1v) is 10.0. The summed E-state index contributed by atoms with van der Waals surface area (Å²) in [6.07, 6.45) is 5.35. The van der Waals surface area contributed by atoms with Gasteiger partial charge in [0, 0.05) is 18.0 Å². The van der Waals surface area contributed by atoms with Gasteiger partial charge >= 0.3 is 0 Å². The molecule has 0 fully saturated rings. The van der Waals surface area contributed by atoms with Crippen LogP contribution >= 0.6 is 0 Å². The minimum Gasteiger partial charge on any atom is -0.495 e. The van der Waals surface area contributed by atoms with E-state index in [-0.39, 0.29) is 11.6 Å². The van der Waals surface area contributed by atoms with Gasteiger partial charge in [-0.15, -0.1) is 5.10 Å². The molecule has 0 unspecified atom stereocenters. The van der Waals surface area contributed by atoms with Crippen molar-refractivity contribution in [1.82, 2.24) is 24.4 Å². The van der Waals surface area contributed by atoms with E-state index in [1.807, 2.05) is 84.4 Å². The topological polar surface area (TPSA) is 86.3 Å². The summed E-state index contributed by atoms with van der Waals surface area (Å²) in [7, 11) is 1.56. The number of rotatable bonds is 5. The van der Waals surface area contributed by atoms with Gasteiger partial charge < -0.3 is 14.5 Å². The van der Waals surface area contributed by atoms with Crippen LogP contribution in [0.2, 0.25) is 0 Å². The maximum Gasteiger partial charge on any atom is 0.277 e. The second-order valence-corrected chi connectivity index (χ2v) is 7.27. The van der Waals surface area contributed by atoms with Gasteiger partial charge in [0.25, 0.3) is 5.91 Å². The molecule has 0 bridgehead atoms. The molecule has 5 aromatic rings. The molecule has 1 amide bonds. The van der Waals surface area contributed by atoms with E-state index in [9.17, 15) is 4.79 Å². The Kier molecular flexibility index (Phi) is 4.87. The van der Waals surface area contributed by atoms with E-state index in [2.05, 4.69) is 15.5 Å². The largest absolute Gasteiger partial charge is 0.495 e. The Balaban J connectivity index is 1.45. The standard InChI is InChI=1S/C24H20N6O2/c1-16-7-6-12-29-15-21(26-23(16)29)17-10-11-22(32-2)19(13-17)27-24(31)20-14-25-30(28-20)18-8-4-3-5-9-18/h3-15H,1-2H3,(H,27,31). The van der Waals surface area contributed by atoms with Crippen LogP contribution in [0.25, 0.3) is 22.6 Å². The zero-order valence-electron chi connectivity index (χ0n) is 17.6. The van der Waals surface area contributed by atoms with Gasteiger partial charge in [-0.3, -0.25) is 4.79 Å². The number of nitrogens with one attached hydrogen (secondary N) is 1. The zero-order chi connectivity index (χ0) is 22.1. The second-order valence-electron chi connectivity index (χ2n) is 7.27.